The van der Waals surface area contributed by atoms with Crippen LogP contribution in [-0.4, -0.2) is 17.1 Å². The second-order valence-electron chi connectivity index (χ2n) is 5.34. The van der Waals surface area contributed by atoms with E-state index in [2.05, 4.69) is 31.3 Å². The molecule has 21 heavy (non-hydrogen) atoms. The van der Waals surface area contributed by atoms with Gasteiger partial charge in [-0.25, -0.2) is 0 Å². The predicted molar refractivity (Wildman–Crippen MR) is 86.8 cm³/mol. The summed E-state index contributed by atoms with van der Waals surface area (Å²) >= 11 is 1.83. The molecule has 0 saturated carbocycles. The molecule has 0 bridgehead atoms. The van der Waals surface area contributed by atoms with Crippen molar-refractivity contribution in [2.45, 2.75) is 39.3 Å². The standard InChI is InChI=1S/C17H21NO2S/c1-12(9-16-8-7-13(2)21-16)18-11-15-6-4-3-5-14(15)10-17(19)20/h3-8,12,18H,9-11H2,1-2H3,(H,19,20). The number of carbonyl (C=O) groups is 1. The van der Waals surface area contributed by atoms with Gasteiger partial charge >= 0.3 is 5.97 Å². The van der Waals surface area contributed by atoms with Crippen molar-refractivity contribution in [3.05, 3.63) is 57.3 Å². The highest BCUT2D eigenvalue weighted by atomic mass is 32.1. The lowest BCUT2D eigenvalue weighted by Crippen LogP contribution is -2.27. The predicted octanol–water partition coefficient (Wildman–Crippen LogP) is 3.40. The molecule has 0 radical (unpaired) electrons. The third-order valence-corrected chi connectivity index (χ3v) is 4.43. The molecule has 2 N–H and O–H groups in total. The van der Waals surface area contributed by atoms with Gasteiger partial charge in [0, 0.05) is 22.3 Å². The van der Waals surface area contributed by atoms with Gasteiger partial charge in [0.05, 0.1) is 6.42 Å². The first-order chi connectivity index (χ1) is 10.0. The fraction of sp³-hybridized carbons (Fsp3) is 0.353. The Morgan fingerprint density at radius 3 is 2.57 bits per heavy atom. The Morgan fingerprint density at radius 1 is 1.24 bits per heavy atom. The van der Waals surface area contributed by atoms with E-state index >= 15 is 0 Å². The summed E-state index contributed by atoms with van der Waals surface area (Å²) in [5.41, 5.74) is 1.95. The molecule has 0 amide bonds. The van der Waals surface area contributed by atoms with Crippen molar-refractivity contribution in [1.82, 2.24) is 5.32 Å². The van der Waals surface area contributed by atoms with Gasteiger partial charge in [-0.1, -0.05) is 24.3 Å². The number of carboxylic acid groups (broad SMARTS) is 1. The van der Waals surface area contributed by atoms with Crippen LogP contribution in [0.15, 0.2) is 36.4 Å². The third kappa shape index (κ3) is 4.99. The average molecular weight is 303 g/mol. The van der Waals surface area contributed by atoms with Gasteiger partial charge in [0.15, 0.2) is 0 Å². The van der Waals surface area contributed by atoms with Crippen molar-refractivity contribution in [3.8, 4) is 0 Å². The van der Waals surface area contributed by atoms with Crippen LogP contribution in [0.2, 0.25) is 0 Å². The molecule has 1 atom stereocenters. The molecule has 0 fully saturated rings. The van der Waals surface area contributed by atoms with Crippen LogP contribution in [0.5, 0.6) is 0 Å². The number of benzene rings is 1. The lowest BCUT2D eigenvalue weighted by atomic mass is 10.0. The van der Waals surface area contributed by atoms with Gasteiger partial charge in [-0.05, 0) is 43.5 Å². The lowest BCUT2D eigenvalue weighted by Gasteiger charge is -2.14. The minimum absolute atomic E-state index is 0.0797. The van der Waals surface area contributed by atoms with Crippen LogP contribution in [0.25, 0.3) is 0 Å². The molecule has 0 saturated heterocycles. The van der Waals surface area contributed by atoms with E-state index in [-0.39, 0.29) is 6.42 Å². The quantitative estimate of drug-likeness (QED) is 0.824. The fourth-order valence-electron chi connectivity index (χ4n) is 2.32. The topological polar surface area (TPSA) is 49.3 Å². The Kier molecular flexibility index (Phi) is 5.53. The molecule has 1 aromatic carbocycles. The van der Waals surface area contributed by atoms with E-state index in [1.54, 1.807) is 0 Å². The highest BCUT2D eigenvalue weighted by Gasteiger charge is 2.09. The smallest absolute Gasteiger partial charge is 0.307 e. The Labute approximate surface area is 129 Å². The first kappa shape index (κ1) is 15.7. The minimum Gasteiger partial charge on any atom is -0.481 e. The minimum atomic E-state index is -0.787. The maximum Gasteiger partial charge on any atom is 0.307 e. The van der Waals surface area contributed by atoms with Crippen LogP contribution in [-0.2, 0) is 24.2 Å². The molecule has 2 rings (SSSR count). The van der Waals surface area contributed by atoms with Gasteiger partial charge in [-0.2, -0.15) is 0 Å². The van der Waals surface area contributed by atoms with Crippen molar-refractivity contribution >= 4 is 17.3 Å². The van der Waals surface area contributed by atoms with Gasteiger partial charge in [0.2, 0.25) is 0 Å². The van der Waals surface area contributed by atoms with Gasteiger partial charge in [-0.15, -0.1) is 11.3 Å². The molecule has 112 valence electrons. The summed E-state index contributed by atoms with van der Waals surface area (Å²) < 4.78 is 0. The summed E-state index contributed by atoms with van der Waals surface area (Å²) in [7, 11) is 0. The number of aryl methyl sites for hydroxylation is 1. The molecule has 1 heterocycles. The van der Waals surface area contributed by atoms with Crippen molar-refractivity contribution in [1.29, 1.82) is 0 Å². The molecule has 4 heteroatoms. The monoisotopic (exact) mass is 303 g/mol. The largest absolute Gasteiger partial charge is 0.481 e. The van der Waals surface area contributed by atoms with Crippen molar-refractivity contribution in [2.24, 2.45) is 0 Å². The van der Waals surface area contributed by atoms with Crippen LogP contribution in [0.1, 0.15) is 27.8 Å². The van der Waals surface area contributed by atoms with E-state index < -0.39 is 5.97 Å². The number of carboxylic acids is 1. The maximum atomic E-state index is 10.9. The number of aliphatic carboxylic acids is 1. The van der Waals surface area contributed by atoms with E-state index in [1.165, 1.54) is 9.75 Å². The van der Waals surface area contributed by atoms with Crippen molar-refractivity contribution in [2.75, 3.05) is 0 Å². The Bertz CT molecular complexity index is 606. The van der Waals surface area contributed by atoms with E-state index in [4.69, 9.17) is 5.11 Å². The Morgan fingerprint density at radius 2 is 1.95 bits per heavy atom. The SMILES string of the molecule is Cc1ccc(CC(C)NCc2ccccc2CC(=O)O)s1. The molecule has 0 aliphatic heterocycles. The Hall–Kier alpha value is -1.65. The van der Waals surface area contributed by atoms with Crippen LogP contribution >= 0.6 is 11.3 Å². The summed E-state index contributed by atoms with van der Waals surface area (Å²) in [4.78, 5) is 13.6. The molecular weight excluding hydrogens is 282 g/mol. The molecule has 3 nitrogen and oxygen atoms in total. The normalized spacial score (nSPS) is 12.3. The molecule has 1 aromatic heterocycles. The summed E-state index contributed by atoms with van der Waals surface area (Å²) in [5.74, 6) is -0.787. The van der Waals surface area contributed by atoms with Gasteiger partial charge in [-0.3, -0.25) is 4.79 Å². The number of hydrogen-bond donors (Lipinski definition) is 2. The fourth-order valence-corrected chi connectivity index (χ4v) is 3.34. The first-order valence-electron chi connectivity index (χ1n) is 7.12. The van der Waals surface area contributed by atoms with E-state index in [1.807, 2.05) is 35.6 Å². The van der Waals surface area contributed by atoms with Crippen LogP contribution < -0.4 is 5.32 Å². The summed E-state index contributed by atoms with van der Waals surface area (Å²) in [6.07, 6.45) is 1.08. The van der Waals surface area contributed by atoms with E-state index in [0.717, 1.165) is 17.5 Å². The number of thiophene rings is 1. The third-order valence-electron chi connectivity index (χ3n) is 3.40. The number of hydrogen-bond acceptors (Lipinski definition) is 3. The zero-order valence-electron chi connectivity index (χ0n) is 12.4. The number of nitrogens with one attached hydrogen (secondary N) is 1. The second kappa shape index (κ2) is 7.38. The summed E-state index contributed by atoms with van der Waals surface area (Å²) in [6.45, 7) is 4.98. The van der Waals surface area contributed by atoms with Crippen molar-refractivity contribution in [3.63, 3.8) is 0 Å². The van der Waals surface area contributed by atoms with Crippen LogP contribution in [0.4, 0.5) is 0 Å². The first-order valence-corrected chi connectivity index (χ1v) is 7.93. The van der Waals surface area contributed by atoms with Crippen molar-refractivity contribution < 1.29 is 9.90 Å². The Balaban J connectivity index is 1.91. The van der Waals surface area contributed by atoms with E-state index in [0.29, 0.717) is 12.6 Å². The molecule has 2 aromatic rings. The zero-order chi connectivity index (χ0) is 15.2. The molecular formula is C17H21NO2S. The van der Waals surface area contributed by atoms with Gasteiger partial charge < -0.3 is 10.4 Å². The average Bonchev–Trinajstić information content (AvgIpc) is 2.82. The molecule has 0 spiro atoms. The molecule has 1 unspecified atom stereocenters. The highest BCUT2D eigenvalue weighted by molar-refractivity contribution is 7.11. The summed E-state index contributed by atoms with van der Waals surface area (Å²) in [5, 5.41) is 12.4. The van der Waals surface area contributed by atoms with Crippen LogP contribution in [0.3, 0.4) is 0 Å². The molecule has 0 aliphatic carbocycles. The zero-order valence-corrected chi connectivity index (χ0v) is 13.2. The summed E-state index contributed by atoms with van der Waals surface area (Å²) in [6, 6.07) is 12.4. The van der Waals surface area contributed by atoms with E-state index in [9.17, 15) is 4.79 Å². The van der Waals surface area contributed by atoms with Crippen LogP contribution in [0, 0.1) is 6.92 Å². The number of rotatable bonds is 7. The highest BCUT2D eigenvalue weighted by Crippen LogP contribution is 2.17. The lowest BCUT2D eigenvalue weighted by molar-refractivity contribution is -0.136. The maximum absolute atomic E-state index is 10.9. The second-order valence-corrected chi connectivity index (χ2v) is 6.71. The van der Waals surface area contributed by atoms with Gasteiger partial charge in [0.25, 0.3) is 0 Å². The van der Waals surface area contributed by atoms with Gasteiger partial charge in [0.1, 0.15) is 0 Å². The molecule has 0 aliphatic rings.